The molecule has 1 aromatic carbocycles. The molecule has 2 aromatic heterocycles. The van der Waals surface area contributed by atoms with E-state index in [0.717, 1.165) is 11.3 Å². The Kier molecular flexibility index (Phi) is 4.69. The average molecular weight is 341 g/mol. The summed E-state index contributed by atoms with van der Waals surface area (Å²) in [4.78, 5) is 17.5. The first-order valence-electron chi connectivity index (χ1n) is 7.66. The molecular weight excluding hydrogens is 322 g/mol. The summed E-state index contributed by atoms with van der Waals surface area (Å²) in [5, 5.41) is 6.84. The Balaban J connectivity index is 1.75. The van der Waals surface area contributed by atoms with Gasteiger partial charge in [0.25, 0.3) is 0 Å². The third-order valence-corrected chi connectivity index (χ3v) is 3.56. The van der Waals surface area contributed by atoms with Gasteiger partial charge in [0.2, 0.25) is 5.88 Å². The van der Waals surface area contributed by atoms with Crippen molar-refractivity contribution >= 4 is 23.2 Å². The Morgan fingerprint density at radius 3 is 2.80 bits per heavy atom. The standard InChI is InChI=1S/C17H19N5O3/c1-21(2)13-7-5-4-6-12(13)11-25-16-9-8-15-18-14(10-22(15)20-16)19-17(23)24-3/h4-10H,11H2,1-3H3,(H,19,23). The Morgan fingerprint density at radius 2 is 2.04 bits per heavy atom. The lowest BCUT2D eigenvalue weighted by Crippen LogP contribution is -2.12. The van der Waals surface area contributed by atoms with Gasteiger partial charge in [-0.2, -0.15) is 0 Å². The number of anilines is 2. The van der Waals surface area contributed by atoms with E-state index in [4.69, 9.17) is 4.74 Å². The van der Waals surface area contributed by atoms with Crippen LogP contribution in [0.3, 0.4) is 0 Å². The molecule has 0 saturated carbocycles. The maximum Gasteiger partial charge on any atom is 0.412 e. The van der Waals surface area contributed by atoms with Gasteiger partial charge in [0.1, 0.15) is 6.61 Å². The Bertz CT molecular complexity index is 891. The minimum absolute atomic E-state index is 0.356. The van der Waals surface area contributed by atoms with Crippen LogP contribution in [0.4, 0.5) is 16.3 Å². The van der Waals surface area contributed by atoms with E-state index in [-0.39, 0.29) is 0 Å². The van der Waals surface area contributed by atoms with E-state index in [9.17, 15) is 4.79 Å². The quantitative estimate of drug-likeness (QED) is 0.768. The van der Waals surface area contributed by atoms with E-state index in [0.29, 0.717) is 24.0 Å². The highest BCUT2D eigenvalue weighted by Crippen LogP contribution is 2.20. The van der Waals surface area contributed by atoms with Crippen LogP contribution >= 0.6 is 0 Å². The SMILES string of the molecule is COC(=O)Nc1cn2nc(OCc3ccccc3N(C)C)ccc2n1. The fourth-order valence-corrected chi connectivity index (χ4v) is 2.38. The number of benzene rings is 1. The summed E-state index contributed by atoms with van der Waals surface area (Å²) in [7, 11) is 5.27. The lowest BCUT2D eigenvalue weighted by Gasteiger charge is -2.17. The predicted molar refractivity (Wildman–Crippen MR) is 94.1 cm³/mol. The number of ether oxygens (including phenoxy) is 2. The van der Waals surface area contributed by atoms with Gasteiger partial charge < -0.3 is 14.4 Å². The molecule has 0 radical (unpaired) electrons. The second-order valence-corrected chi connectivity index (χ2v) is 5.53. The van der Waals surface area contributed by atoms with E-state index in [1.165, 1.54) is 7.11 Å². The van der Waals surface area contributed by atoms with Crippen molar-refractivity contribution in [1.82, 2.24) is 14.6 Å². The van der Waals surface area contributed by atoms with Crippen LogP contribution in [0.2, 0.25) is 0 Å². The number of nitrogens with zero attached hydrogens (tertiary/aromatic N) is 4. The number of rotatable bonds is 5. The van der Waals surface area contributed by atoms with E-state index in [1.54, 1.807) is 22.8 Å². The highest BCUT2D eigenvalue weighted by atomic mass is 16.5. The van der Waals surface area contributed by atoms with E-state index >= 15 is 0 Å². The molecule has 0 fully saturated rings. The van der Waals surface area contributed by atoms with Crippen LogP contribution in [-0.4, -0.2) is 41.9 Å². The van der Waals surface area contributed by atoms with Crippen LogP contribution in [0.1, 0.15) is 5.56 Å². The summed E-state index contributed by atoms with van der Waals surface area (Å²) in [5.41, 5.74) is 2.75. The fourth-order valence-electron chi connectivity index (χ4n) is 2.38. The molecule has 25 heavy (non-hydrogen) atoms. The molecule has 1 amide bonds. The monoisotopic (exact) mass is 341 g/mol. The van der Waals surface area contributed by atoms with Gasteiger partial charge in [0.15, 0.2) is 11.5 Å². The van der Waals surface area contributed by atoms with Crippen LogP contribution < -0.4 is 15.0 Å². The molecule has 0 bridgehead atoms. The van der Waals surface area contributed by atoms with Crippen LogP contribution in [0, 0.1) is 0 Å². The normalized spacial score (nSPS) is 10.5. The molecule has 130 valence electrons. The molecule has 8 heteroatoms. The first-order chi connectivity index (χ1) is 12.1. The van der Waals surface area contributed by atoms with Gasteiger partial charge in [-0.3, -0.25) is 5.32 Å². The van der Waals surface area contributed by atoms with Gasteiger partial charge in [0.05, 0.1) is 13.3 Å². The third-order valence-electron chi connectivity index (χ3n) is 3.56. The van der Waals surface area contributed by atoms with E-state index in [1.807, 2.05) is 43.3 Å². The number of hydrogen-bond donors (Lipinski definition) is 1. The average Bonchev–Trinajstić information content (AvgIpc) is 3.01. The van der Waals surface area contributed by atoms with Crippen LogP contribution in [-0.2, 0) is 11.3 Å². The zero-order valence-corrected chi connectivity index (χ0v) is 14.3. The minimum atomic E-state index is -0.583. The van der Waals surface area contributed by atoms with Crippen LogP contribution in [0.25, 0.3) is 5.65 Å². The lowest BCUT2D eigenvalue weighted by molar-refractivity contribution is 0.187. The number of hydrogen-bond acceptors (Lipinski definition) is 6. The summed E-state index contributed by atoms with van der Waals surface area (Å²) < 4.78 is 11.9. The van der Waals surface area contributed by atoms with Crippen LogP contribution in [0.5, 0.6) is 5.88 Å². The zero-order chi connectivity index (χ0) is 17.8. The molecule has 8 nitrogen and oxygen atoms in total. The van der Waals surface area contributed by atoms with Crippen molar-refractivity contribution < 1.29 is 14.3 Å². The first-order valence-corrected chi connectivity index (χ1v) is 7.66. The van der Waals surface area contributed by atoms with Crippen LogP contribution in [0.15, 0.2) is 42.6 Å². The molecule has 3 aromatic rings. The number of imidazole rings is 1. The number of methoxy groups -OCH3 is 1. The fraction of sp³-hybridized carbons (Fsp3) is 0.235. The maximum absolute atomic E-state index is 11.2. The molecule has 0 saturated heterocycles. The molecule has 0 unspecified atom stereocenters. The molecule has 0 aliphatic carbocycles. The van der Waals surface area contributed by atoms with Crippen molar-refractivity contribution in [1.29, 1.82) is 0 Å². The smallest absolute Gasteiger partial charge is 0.412 e. The first kappa shape index (κ1) is 16.6. The molecular formula is C17H19N5O3. The van der Waals surface area contributed by atoms with Gasteiger partial charge in [-0.25, -0.2) is 14.3 Å². The largest absolute Gasteiger partial charge is 0.472 e. The van der Waals surface area contributed by atoms with Crippen molar-refractivity contribution in [3.8, 4) is 5.88 Å². The van der Waals surface area contributed by atoms with Crippen molar-refractivity contribution in [3.63, 3.8) is 0 Å². The molecule has 3 rings (SSSR count). The minimum Gasteiger partial charge on any atom is -0.472 e. The summed E-state index contributed by atoms with van der Waals surface area (Å²) in [5.74, 6) is 0.817. The van der Waals surface area contributed by atoms with E-state index < -0.39 is 6.09 Å². The van der Waals surface area contributed by atoms with Gasteiger partial charge in [0, 0.05) is 31.4 Å². The lowest BCUT2D eigenvalue weighted by atomic mass is 10.2. The number of nitrogens with one attached hydrogen (secondary N) is 1. The highest BCUT2D eigenvalue weighted by molar-refractivity contribution is 5.83. The number of carbonyl (C=O) groups is 1. The van der Waals surface area contributed by atoms with Crippen molar-refractivity contribution in [2.45, 2.75) is 6.61 Å². The summed E-state index contributed by atoms with van der Waals surface area (Å²) in [6, 6.07) is 11.5. The molecule has 0 aliphatic heterocycles. The van der Waals surface area contributed by atoms with Crippen molar-refractivity contribution in [2.24, 2.45) is 0 Å². The summed E-state index contributed by atoms with van der Waals surface area (Å²) in [6.07, 6.45) is 1.01. The van der Waals surface area contributed by atoms with Crippen molar-refractivity contribution in [3.05, 3.63) is 48.2 Å². The summed E-state index contributed by atoms with van der Waals surface area (Å²) in [6.45, 7) is 0.398. The Hall–Kier alpha value is -3.29. The van der Waals surface area contributed by atoms with Gasteiger partial charge in [-0.1, -0.05) is 18.2 Å². The number of fused-ring (bicyclic) bond motifs is 1. The zero-order valence-electron chi connectivity index (χ0n) is 14.3. The summed E-state index contributed by atoms with van der Waals surface area (Å²) >= 11 is 0. The predicted octanol–water partition coefficient (Wildman–Crippen LogP) is 2.55. The van der Waals surface area contributed by atoms with Gasteiger partial charge in [-0.05, 0) is 12.1 Å². The maximum atomic E-state index is 11.2. The topological polar surface area (TPSA) is 81.0 Å². The number of aromatic nitrogens is 3. The molecule has 0 aliphatic rings. The van der Waals surface area contributed by atoms with E-state index in [2.05, 4.69) is 20.1 Å². The number of para-hydroxylation sites is 1. The number of carbonyl (C=O) groups excluding carboxylic acids is 1. The third kappa shape index (κ3) is 3.79. The van der Waals surface area contributed by atoms with Gasteiger partial charge >= 0.3 is 6.09 Å². The van der Waals surface area contributed by atoms with Gasteiger partial charge in [-0.15, -0.1) is 5.10 Å². The van der Waals surface area contributed by atoms with Crippen molar-refractivity contribution in [2.75, 3.05) is 31.4 Å². The Labute approximate surface area is 145 Å². The molecule has 0 atom stereocenters. The Morgan fingerprint density at radius 1 is 1.24 bits per heavy atom. The molecule has 1 N–H and O–H groups in total. The molecule has 0 spiro atoms. The highest BCUT2D eigenvalue weighted by Gasteiger charge is 2.09. The second-order valence-electron chi connectivity index (χ2n) is 5.53. The second kappa shape index (κ2) is 7.08. The number of amides is 1. The molecule has 2 heterocycles.